The largest absolute Gasteiger partial charge is 0.453 e. The number of nitrogens with one attached hydrogen (secondary N) is 2. The van der Waals surface area contributed by atoms with Gasteiger partial charge in [0.05, 0.1) is 25.0 Å². The number of aromatic nitrogens is 1. The van der Waals surface area contributed by atoms with Crippen molar-refractivity contribution in [1.29, 1.82) is 0 Å². The summed E-state index contributed by atoms with van der Waals surface area (Å²) < 4.78 is 40.1. The zero-order valence-corrected chi connectivity index (χ0v) is 24.6. The highest BCUT2D eigenvalue weighted by molar-refractivity contribution is 7.89. The number of urea groups is 1. The van der Waals surface area contributed by atoms with E-state index in [0.29, 0.717) is 61.1 Å². The van der Waals surface area contributed by atoms with Gasteiger partial charge in [-0.3, -0.25) is 10.2 Å². The van der Waals surface area contributed by atoms with E-state index < -0.39 is 16.1 Å². The predicted octanol–water partition coefficient (Wildman–Crippen LogP) is 1.55. The highest BCUT2D eigenvalue weighted by atomic mass is 35.5. The Kier molecular flexibility index (Phi) is 7.42. The van der Waals surface area contributed by atoms with Gasteiger partial charge in [-0.2, -0.15) is 4.31 Å². The number of hydrazine groups is 1. The summed E-state index contributed by atoms with van der Waals surface area (Å²) in [6.07, 6.45) is 0.472. The van der Waals surface area contributed by atoms with Gasteiger partial charge < -0.3 is 29.2 Å². The van der Waals surface area contributed by atoms with Crippen LogP contribution < -0.4 is 5.43 Å². The molecule has 0 spiro atoms. The Morgan fingerprint density at radius 1 is 1.10 bits per heavy atom. The smallest absolute Gasteiger partial charge is 0.339 e. The second kappa shape index (κ2) is 10.9. The lowest BCUT2D eigenvalue weighted by molar-refractivity contribution is -0.136. The van der Waals surface area contributed by atoms with Crippen molar-refractivity contribution in [3.05, 3.63) is 40.9 Å². The third kappa shape index (κ3) is 5.29. The molecule has 2 aromatic rings. The number of fused-ring (bicyclic) bond motifs is 1. The molecule has 13 nitrogen and oxygen atoms in total. The van der Waals surface area contributed by atoms with Crippen molar-refractivity contribution in [2.45, 2.75) is 37.1 Å². The van der Waals surface area contributed by atoms with Crippen LogP contribution >= 0.6 is 11.6 Å². The van der Waals surface area contributed by atoms with Crippen LogP contribution in [0.15, 0.2) is 40.9 Å². The number of nitrogens with zero attached hydrogens (tertiary/aromatic N) is 5. The summed E-state index contributed by atoms with van der Waals surface area (Å²) in [5, 5.41) is 2.72. The van der Waals surface area contributed by atoms with Gasteiger partial charge in [-0.05, 0) is 31.2 Å². The van der Waals surface area contributed by atoms with Crippen molar-refractivity contribution in [1.82, 2.24) is 34.4 Å². The Hall–Kier alpha value is -3.20. The fourth-order valence-electron chi connectivity index (χ4n) is 5.74. The molecule has 3 amide bonds. The van der Waals surface area contributed by atoms with E-state index in [-0.39, 0.29) is 49.2 Å². The Morgan fingerprint density at radius 3 is 2.66 bits per heavy atom. The summed E-state index contributed by atoms with van der Waals surface area (Å²) in [4.78, 5) is 35.4. The third-order valence-corrected chi connectivity index (χ3v) is 10.2. The molecule has 222 valence electrons. The third-order valence-electron chi connectivity index (χ3n) is 8.20. The molecule has 2 N–H and O–H groups in total. The number of ether oxygens (including phenoxy) is 2. The van der Waals surface area contributed by atoms with Crippen LogP contribution in [0.4, 0.5) is 4.79 Å². The van der Waals surface area contributed by atoms with Gasteiger partial charge in [0.1, 0.15) is 5.03 Å². The number of aromatic amines is 1. The van der Waals surface area contributed by atoms with Gasteiger partial charge in [0.2, 0.25) is 11.8 Å². The molecular formula is C26H34ClN7O6S. The summed E-state index contributed by atoms with van der Waals surface area (Å²) >= 11 is 6.10. The van der Waals surface area contributed by atoms with E-state index in [1.54, 1.807) is 34.1 Å². The van der Waals surface area contributed by atoms with Gasteiger partial charge >= 0.3 is 6.03 Å². The van der Waals surface area contributed by atoms with Gasteiger partial charge in [-0.1, -0.05) is 11.6 Å². The minimum atomic E-state index is -3.94. The lowest BCUT2D eigenvalue weighted by Gasteiger charge is -2.43. The zero-order valence-electron chi connectivity index (χ0n) is 23.0. The maximum atomic E-state index is 13.8. The van der Waals surface area contributed by atoms with Crippen LogP contribution in [-0.2, 0) is 24.3 Å². The average molecular weight is 608 g/mol. The van der Waals surface area contributed by atoms with E-state index >= 15 is 0 Å². The number of rotatable bonds is 4. The monoisotopic (exact) mass is 607 g/mol. The van der Waals surface area contributed by atoms with Crippen LogP contribution in [0, 0.1) is 0 Å². The molecule has 15 heteroatoms. The standard InChI is InChI=1S/C26H34ClN7O6S/c1-17-30(2)22-5-6-34(29-25(22)40-17)26(36)33-8-7-32(16-20(33)15-24(35)31-9-11-39-12-10-31)41(37,38)23-14-18-13-19(27)3-4-21(18)28-23/h3-4,13-14,17,20,28-29H,5-12,15-16H2,1-2H3. The van der Waals surface area contributed by atoms with Gasteiger partial charge in [-0.25, -0.2) is 18.2 Å². The van der Waals surface area contributed by atoms with Crippen LogP contribution in [0.5, 0.6) is 0 Å². The first kappa shape index (κ1) is 27.9. The molecule has 41 heavy (non-hydrogen) atoms. The molecular weight excluding hydrogens is 574 g/mol. The van der Waals surface area contributed by atoms with Gasteiger partial charge in [0.25, 0.3) is 10.0 Å². The number of halogens is 1. The Balaban J connectivity index is 1.23. The first-order chi connectivity index (χ1) is 19.6. The second-order valence-corrected chi connectivity index (χ2v) is 13.0. The molecule has 4 aliphatic heterocycles. The number of morpholine rings is 1. The van der Waals surface area contributed by atoms with E-state index in [1.807, 2.05) is 18.9 Å². The van der Waals surface area contributed by atoms with Gasteiger partial charge in [-0.15, -0.1) is 0 Å². The zero-order chi connectivity index (χ0) is 28.9. The van der Waals surface area contributed by atoms with Crippen molar-refractivity contribution in [2.75, 3.05) is 59.5 Å². The van der Waals surface area contributed by atoms with Crippen molar-refractivity contribution in [2.24, 2.45) is 0 Å². The molecule has 4 aliphatic rings. The minimum absolute atomic E-state index is 0.00186. The van der Waals surface area contributed by atoms with E-state index in [1.165, 1.54) is 9.31 Å². The number of H-pyrrole nitrogens is 1. The molecule has 2 unspecified atom stereocenters. The van der Waals surface area contributed by atoms with Crippen LogP contribution in [-0.4, -0.2) is 121 Å². The van der Waals surface area contributed by atoms with E-state index in [2.05, 4.69) is 10.4 Å². The fraction of sp³-hybridized carbons (Fsp3) is 0.538. The molecule has 1 aromatic carbocycles. The fourth-order valence-corrected chi connectivity index (χ4v) is 7.41. The lowest BCUT2D eigenvalue weighted by atomic mass is 10.1. The normalized spacial score (nSPS) is 24.0. The molecule has 2 fully saturated rings. The SMILES string of the molecule is CC1OC2=C(CCN(C(=O)N3CCN(S(=O)(=O)c4cc5cc(Cl)ccc5[nH]4)CC3CC(=O)N3CCOCC3)N2)N1C. The van der Waals surface area contributed by atoms with Crippen molar-refractivity contribution < 1.29 is 27.5 Å². The molecule has 0 aliphatic carbocycles. The maximum Gasteiger partial charge on any atom is 0.339 e. The molecule has 1 aromatic heterocycles. The number of carbonyl (C=O) groups is 2. The van der Waals surface area contributed by atoms with Crippen molar-refractivity contribution >= 4 is 44.5 Å². The summed E-state index contributed by atoms with van der Waals surface area (Å²) in [7, 11) is -1.99. The highest BCUT2D eigenvalue weighted by Crippen LogP contribution is 2.30. The van der Waals surface area contributed by atoms with Crippen LogP contribution in [0.1, 0.15) is 19.8 Å². The molecule has 0 saturated carbocycles. The quantitative estimate of drug-likeness (QED) is 0.535. The van der Waals surface area contributed by atoms with E-state index in [9.17, 15) is 18.0 Å². The lowest BCUT2D eigenvalue weighted by Crippen LogP contribution is -2.62. The summed E-state index contributed by atoms with van der Waals surface area (Å²) in [5.74, 6) is 0.405. The topological polar surface area (TPSA) is 131 Å². The average Bonchev–Trinajstić information content (AvgIpc) is 3.53. The van der Waals surface area contributed by atoms with Crippen LogP contribution in [0.2, 0.25) is 5.02 Å². The van der Waals surface area contributed by atoms with Crippen LogP contribution in [0.3, 0.4) is 0 Å². The number of piperazine rings is 1. The molecule has 0 radical (unpaired) electrons. The van der Waals surface area contributed by atoms with Gasteiger partial charge in [0, 0.05) is 75.1 Å². The summed E-state index contributed by atoms with van der Waals surface area (Å²) in [6, 6.07) is 5.70. The van der Waals surface area contributed by atoms with E-state index in [0.717, 1.165) is 5.70 Å². The number of benzene rings is 1. The number of carbonyl (C=O) groups excluding carboxylic acids is 2. The number of hydrogen-bond donors (Lipinski definition) is 2. The molecule has 2 saturated heterocycles. The first-order valence-corrected chi connectivity index (χ1v) is 15.5. The number of sulfonamides is 1. The predicted molar refractivity (Wildman–Crippen MR) is 150 cm³/mol. The van der Waals surface area contributed by atoms with Crippen molar-refractivity contribution in [3.8, 4) is 0 Å². The minimum Gasteiger partial charge on any atom is -0.453 e. The number of amides is 3. The second-order valence-electron chi connectivity index (χ2n) is 10.7. The highest BCUT2D eigenvalue weighted by Gasteiger charge is 2.42. The van der Waals surface area contributed by atoms with Crippen molar-refractivity contribution in [3.63, 3.8) is 0 Å². The molecule has 5 heterocycles. The van der Waals surface area contributed by atoms with Crippen LogP contribution in [0.25, 0.3) is 10.9 Å². The van der Waals surface area contributed by atoms with E-state index in [4.69, 9.17) is 21.1 Å². The maximum absolute atomic E-state index is 13.8. The molecule has 6 rings (SSSR count). The Bertz CT molecular complexity index is 1490. The molecule has 2 atom stereocenters. The Labute approximate surface area is 243 Å². The number of hydrogen-bond acceptors (Lipinski definition) is 8. The molecule has 0 bridgehead atoms. The summed E-state index contributed by atoms with van der Waals surface area (Å²) in [5.41, 5.74) is 4.74. The summed E-state index contributed by atoms with van der Waals surface area (Å²) in [6.45, 7) is 4.38. The van der Waals surface area contributed by atoms with Gasteiger partial charge in [0.15, 0.2) is 6.23 Å². The first-order valence-electron chi connectivity index (χ1n) is 13.7. The Morgan fingerprint density at radius 2 is 1.88 bits per heavy atom.